The van der Waals surface area contributed by atoms with Crippen molar-refractivity contribution in [3.63, 3.8) is 0 Å². The lowest BCUT2D eigenvalue weighted by molar-refractivity contribution is -0.209. The van der Waals surface area contributed by atoms with Crippen molar-refractivity contribution in [3.05, 3.63) is 11.6 Å². The summed E-state index contributed by atoms with van der Waals surface area (Å²) in [6.07, 6.45) is 8.13. The van der Waals surface area contributed by atoms with Gasteiger partial charge in [0.2, 0.25) is 0 Å². The third kappa shape index (κ3) is 2.25. The van der Waals surface area contributed by atoms with Crippen LogP contribution >= 0.6 is 0 Å². The minimum absolute atomic E-state index is 0.0115. The average Bonchev–Trinajstić information content (AvgIpc) is 2.97. The van der Waals surface area contributed by atoms with Crippen LogP contribution in [-0.4, -0.2) is 24.0 Å². The monoisotopic (exact) mass is 400 g/mol. The smallest absolute Gasteiger partial charge is 0.318 e. The van der Waals surface area contributed by atoms with Gasteiger partial charge in [0, 0.05) is 11.3 Å². The van der Waals surface area contributed by atoms with Gasteiger partial charge in [0.05, 0.1) is 11.8 Å². The minimum atomic E-state index is -0.441. The number of ether oxygens (including phenoxy) is 2. The van der Waals surface area contributed by atoms with Crippen LogP contribution in [0.2, 0.25) is 0 Å². The number of carbonyl (C=O) groups is 3. The third-order valence-corrected chi connectivity index (χ3v) is 9.67. The van der Waals surface area contributed by atoms with Gasteiger partial charge in [-0.3, -0.25) is 14.4 Å². The maximum absolute atomic E-state index is 12.9. The molecule has 1 spiro atoms. The summed E-state index contributed by atoms with van der Waals surface area (Å²) in [6.45, 7) is 9.45. The Morgan fingerprint density at radius 1 is 1.14 bits per heavy atom. The first-order chi connectivity index (χ1) is 13.7. The van der Waals surface area contributed by atoms with E-state index in [1.807, 2.05) is 0 Å². The molecule has 0 amide bonds. The standard InChI is InChI=1S/C24H32O5/c1-13(2)15-11-24-9-6-16-22(3,7-5-8-23(16,4)28-12-25)17(24)10-14(15)18-19(24)21(27)29-20(18)26/h11-14,16-19H,5-10H2,1-4H3. The molecule has 8 unspecified atom stereocenters. The van der Waals surface area contributed by atoms with Crippen LogP contribution < -0.4 is 0 Å². The largest absolute Gasteiger partial charge is 0.461 e. The molecule has 3 saturated carbocycles. The molecule has 158 valence electrons. The molecule has 0 aromatic carbocycles. The lowest BCUT2D eigenvalue weighted by atomic mass is 9.35. The van der Waals surface area contributed by atoms with Gasteiger partial charge < -0.3 is 9.47 Å². The van der Waals surface area contributed by atoms with Crippen LogP contribution in [0.15, 0.2) is 11.6 Å². The fraction of sp³-hybridized carbons (Fsp3) is 0.792. The number of fused-ring (bicyclic) bond motifs is 1. The van der Waals surface area contributed by atoms with Crippen LogP contribution in [0.4, 0.5) is 0 Å². The second-order valence-electron chi connectivity index (χ2n) is 11.0. The van der Waals surface area contributed by atoms with Crippen molar-refractivity contribution < 1.29 is 23.9 Å². The molecular formula is C24H32O5. The third-order valence-electron chi connectivity index (χ3n) is 9.67. The minimum Gasteiger partial charge on any atom is -0.461 e. The summed E-state index contributed by atoms with van der Waals surface area (Å²) in [5.41, 5.74) is 0.595. The molecular weight excluding hydrogens is 368 g/mol. The second-order valence-corrected chi connectivity index (χ2v) is 11.0. The van der Waals surface area contributed by atoms with E-state index in [1.54, 1.807) is 0 Å². The highest BCUT2D eigenvalue weighted by molar-refractivity contribution is 5.98. The molecule has 29 heavy (non-hydrogen) atoms. The highest BCUT2D eigenvalue weighted by Gasteiger charge is 2.72. The highest BCUT2D eigenvalue weighted by atomic mass is 16.6. The number of rotatable bonds is 3. The number of allylic oxidation sites excluding steroid dienone is 2. The van der Waals surface area contributed by atoms with E-state index < -0.39 is 5.60 Å². The van der Waals surface area contributed by atoms with E-state index in [9.17, 15) is 14.4 Å². The van der Waals surface area contributed by atoms with Gasteiger partial charge in [0.1, 0.15) is 5.60 Å². The summed E-state index contributed by atoms with van der Waals surface area (Å²) in [5, 5.41) is 0. The predicted molar refractivity (Wildman–Crippen MR) is 105 cm³/mol. The fourth-order valence-electron chi connectivity index (χ4n) is 8.70. The number of cyclic esters (lactones) is 2. The molecule has 5 heteroatoms. The molecule has 5 aliphatic carbocycles. The van der Waals surface area contributed by atoms with Crippen LogP contribution in [0.3, 0.4) is 0 Å². The Kier molecular flexibility index (Phi) is 3.96. The quantitative estimate of drug-likeness (QED) is 0.309. The van der Waals surface area contributed by atoms with E-state index in [2.05, 4.69) is 33.8 Å². The predicted octanol–water partition coefficient (Wildman–Crippen LogP) is 4.05. The van der Waals surface area contributed by atoms with Crippen molar-refractivity contribution in [2.75, 3.05) is 0 Å². The number of carbonyl (C=O) groups excluding carboxylic acids is 3. The highest BCUT2D eigenvalue weighted by Crippen LogP contribution is 2.73. The summed E-state index contributed by atoms with van der Waals surface area (Å²) in [7, 11) is 0. The molecule has 1 saturated heterocycles. The SMILES string of the molecule is CC(C)C1=CC23CCC4C(C)(OC=O)CCCC4(C)C2CC1C1C(=O)OC(=O)C13. The maximum atomic E-state index is 12.9. The summed E-state index contributed by atoms with van der Waals surface area (Å²) >= 11 is 0. The molecule has 0 N–H and O–H groups in total. The fourth-order valence-corrected chi connectivity index (χ4v) is 8.70. The van der Waals surface area contributed by atoms with Crippen LogP contribution in [-0.2, 0) is 23.9 Å². The van der Waals surface area contributed by atoms with Crippen molar-refractivity contribution in [3.8, 4) is 0 Å². The molecule has 4 fully saturated rings. The van der Waals surface area contributed by atoms with Gasteiger partial charge in [-0.2, -0.15) is 0 Å². The van der Waals surface area contributed by atoms with Crippen molar-refractivity contribution in [2.24, 2.45) is 46.3 Å². The van der Waals surface area contributed by atoms with Gasteiger partial charge in [-0.25, -0.2) is 0 Å². The Bertz CT molecular complexity index is 814. The Morgan fingerprint density at radius 3 is 2.59 bits per heavy atom. The molecule has 0 aromatic rings. The van der Waals surface area contributed by atoms with E-state index in [1.165, 1.54) is 5.57 Å². The Labute approximate surface area is 172 Å². The first kappa shape index (κ1) is 19.3. The summed E-state index contributed by atoms with van der Waals surface area (Å²) in [6, 6.07) is 0. The van der Waals surface area contributed by atoms with Crippen molar-refractivity contribution in [1.29, 1.82) is 0 Å². The maximum Gasteiger partial charge on any atom is 0.318 e. The molecule has 5 nitrogen and oxygen atoms in total. The van der Waals surface area contributed by atoms with Crippen LogP contribution in [0, 0.1) is 46.3 Å². The van der Waals surface area contributed by atoms with Crippen molar-refractivity contribution >= 4 is 18.4 Å². The van der Waals surface area contributed by atoms with Gasteiger partial charge in [0.15, 0.2) is 0 Å². The molecule has 0 radical (unpaired) electrons. The van der Waals surface area contributed by atoms with E-state index in [4.69, 9.17) is 9.47 Å². The Morgan fingerprint density at radius 2 is 1.90 bits per heavy atom. The molecule has 0 aromatic heterocycles. The normalized spacial score (nSPS) is 50.4. The van der Waals surface area contributed by atoms with E-state index in [-0.39, 0.29) is 46.4 Å². The molecule has 8 atom stereocenters. The first-order valence-electron chi connectivity index (χ1n) is 11.3. The molecule has 2 bridgehead atoms. The Balaban J connectivity index is 1.64. The second kappa shape index (κ2) is 5.95. The molecule has 1 heterocycles. The number of hydrogen-bond acceptors (Lipinski definition) is 5. The van der Waals surface area contributed by atoms with Crippen LogP contribution in [0.25, 0.3) is 0 Å². The van der Waals surface area contributed by atoms with Gasteiger partial charge in [0.25, 0.3) is 6.47 Å². The zero-order chi connectivity index (χ0) is 20.8. The lowest BCUT2D eigenvalue weighted by Crippen LogP contribution is -2.65. The van der Waals surface area contributed by atoms with Gasteiger partial charge in [-0.1, -0.05) is 32.4 Å². The number of esters is 2. The van der Waals surface area contributed by atoms with Gasteiger partial charge in [-0.15, -0.1) is 0 Å². The number of hydrogen-bond donors (Lipinski definition) is 0. The van der Waals surface area contributed by atoms with E-state index >= 15 is 0 Å². The zero-order valence-corrected chi connectivity index (χ0v) is 17.9. The van der Waals surface area contributed by atoms with E-state index in [0.717, 1.165) is 38.5 Å². The van der Waals surface area contributed by atoms with Crippen LogP contribution in [0.5, 0.6) is 0 Å². The average molecular weight is 401 g/mol. The summed E-state index contributed by atoms with van der Waals surface area (Å²) < 4.78 is 10.9. The Hall–Kier alpha value is -1.65. The van der Waals surface area contributed by atoms with E-state index in [0.29, 0.717) is 18.3 Å². The van der Waals surface area contributed by atoms with Crippen LogP contribution in [0.1, 0.15) is 66.2 Å². The van der Waals surface area contributed by atoms with Crippen molar-refractivity contribution in [2.45, 2.75) is 71.8 Å². The topological polar surface area (TPSA) is 69.7 Å². The zero-order valence-electron chi connectivity index (χ0n) is 17.9. The van der Waals surface area contributed by atoms with Gasteiger partial charge in [-0.05, 0) is 68.6 Å². The molecule has 1 aliphatic heterocycles. The van der Waals surface area contributed by atoms with Crippen molar-refractivity contribution in [1.82, 2.24) is 0 Å². The first-order valence-corrected chi connectivity index (χ1v) is 11.3. The molecule has 6 rings (SSSR count). The summed E-state index contributed by atoms with van der Waals surface area (Å²) in [5.74, 6) is -0.189. The summed E-state index contributed by atoms with van der Waals surface area (Å²) in [4.78, 5) is 36.8. The molecule has 6 aliphatic rings. The lowest BCUT2D eigenvalue weighted by Gasteiger charge is -2.68. The van der Waals surface area contributed by atoms with Gasteiger partial charge >= 0.3 is 11.9 Å².